The molecule has 0 aliphatic heterocycles. The third-order valence-corrected chi connectivity index (χ3v) is 5.24. The van der Waals surface area contributed by atoms with E-state index in [1.165, 1.54) is 5.56 Å². The van der Waals surface area contributed by atoms with Crippen LogP contribution in [0.25, 0.3) is 0 Å². The molecule has 130 valence electrons. The molecule has 2 aromatic rings. The van der Waals surface area contributed by atoms with Crippen LogP contribution in [0.5, 0.6) is 0 Å². The van der Waals surface area contributed by atoms with E-state index in [1.54, 1.807) is 0 Å². The molecule has 0 radical (unpaired) electrons. The number of nitrogens with zero attached hydrogens (tertiary/aromatic N) is 1. The average Bonchev–Trinajstić information content (AvgIpc) is 2.59. The number of hydrogen-bond acceptors (Lipinski definition) is 3. The lowest BCUT2D eigenvalue weighted by Gasteiger charge is -2.23. The molecule has 5 heteroatoms. The quantitative estimate of drug-likeness (QED) is 0.738. The Morgan fingerprint density at radius 2 is 1.62 bits per heavy atom. The maximum atomic E-state index is 12.0. The lowest BCUT2D eigenvalue weighted by atomic mass is 10.2. The molecule has 4 nitrogen and oxygen atoms in total. The van der Waals surface area contributed by atoms with Gasteiger partial charge < -0.3 is 4.90 Å². The van der Waals surface area contributed by atoms with Gasteiger partial charge in [-0.25, -0.2) is 8.42 Å². The first-order valence-electron chi connectivity index (χ1n) is 8.43. The zero-order valence-electron chi connectivity index (χ0n) is 14.4. The lowest BCUT2D eigenvalue weighted by molar-refractivity contribution is 0.598. The van der Waals surface area contributed by atoms with Crippen molar-refractivity contribution in [2.75, 3.05) is 21.9 Å². The molecule has 0 aliphatic rings. The van der Waals surface area contributed by atoms with Crippen molar-refractivity contribution in [1.29, 1.82) is 0 Å². The Morgan fingerprint density at radius 3 is 2.21 bits per heavy atom. The van der Waals surface area contributed by atoms with Crippen LogP contribution >= 0.6 is 0 Å². The molecule has 0 heterocycles. The smallest absolute Gasteiger partial charge is 0.232 e. The highest BCUT2D eigenvalue weighted by atomic mass is 32.2. The molecular formula is C19H26N2O2S. The molecule has 0 unspecified atom stereocenters. The van der Waals surface area contributed by atoms with Crippen molar-refractivity contribution in [3.63, 3.8) is 0 Å². The SMILES string of the molecule is CCCCS(=O)(=O)Nc1ccc(N(CC)Cc2ccccc2)cc1. The van der Waals surface area contributed by atoms with Gasteiger partial charge in [0.2, 0.25) is 10.0 Å². The summed E-state index contributed by atoms with van der Waals surface area (Å²) in [5.41, 5.74) is 2.95. The van der Waals surface area contributed by atoms with Crippen LogP contribution in [0.2, 0.25) is 0 Å². The topological polar surface area (TPSA) is 49.4 Å². The molecule has 24 heavy (non-hydrogen) atoms. The number of benzene rings is 2. The molecule has 2 rings (SSSR count). The summed E-state index contributed by atoms with van der Waals surface area (Å²) in [6.45, 7) is 5.82. The molecule has 0 spiro atoms. The Kier molecular flexibility index (Phi) is 6.67. The average molecular weight is 346 g/mol. The van der Waals surface area contributed by atoms with Gasteiger partial charge in [-0.2, -0.15) is 0 Å². The summed E-state index contributed by atoms with van der Waals surface area (Å²) in [6.07, 6.45) is 1.54. The molecule has 1 N–H and O–H groups in total. The summed E-state index contributed by atoms with van der Waals surface area (Å²) in [5.74, 6) is 0.167. The van der Waals surface area contributed by atoms with Gasteiger partial charge in [0.1, 0.15) is 0 Å². The highest BCUT2D eigenvalue weighted by Crippen LogP contribution is 2.20. The first kappa shape index (κ1) is 18.3. The van der Waals surface area contributed by atoms with E-state index < -0.39 is 10.0 Å². The third-order valence-electron chi connectivity index (χ3n) is 3.87. The van der Waals surface area contributed by atoms with Gasteiger partial charge in [-0.3, -0.25) is 4.72 Å². The Hall–Kier alpha value is -2.01. The molecule has 0 atom stereocenters. The van der Waals surface area contributed by atoms with Gasteiger partial charge in [-0.05, 0) is 43.2 Å². The van der Waals surface area contributed by atoms with Crippen LogP contribution < -0.4 is 9.62 Å². The summed E-state index contributed by atoms with van der Waals surface area (Å²) >= 11 is 0. The van der Waals surface area contributed by atoms with Gasteiger partial charge in [0, 0.05) is 24.5 Å². The summed E-state index contributed by atoms with van der Waals surface area (Å²) in [7, 11) is -3.25. The van der Waals surface area contributed by atoms with Crippen LogP contribution in [0.4, 0.5) is 11.4 Å². The number of anilines is 2. The highest BCUT2D eigenvalue weighted by molar-refractivity contribution is 7.92. The van der Waals surface area contributed by atoms with E-state index in [0.29, 0.717) is 12.1 Å². The lowest BCUT2D eigenvalue weighted by Crippen LogP contribution is -2.22. The predicted octanol–water partition coefficient (Wildman–Crippen LogP) is 4.25. The monoisotopic (exact) mass is 346 g/mol. The summed E-state index contributed by atoms with van der Waals surface area (Å²) in [5, 5.41) is 0. The van der Waals surface area contributed by atoms with Gasteiger partial charge >= 0.3 is 0 Å². The summed E-state index contributed by atoms with van der Waals surface area (Å²) in [4.78, 5) is 2.25. The van der Waals surface area contributed by atoms with E-state index >= 15 is 0 Å². The number of hydrogen-bond donors (Lipinski definition) is 1. The first-order chi connectivity index (χ1) is 11.5. The van der Waals surface area contributed by atoms with Gasteiger partial charge in [-0.1, -0.05) is 43.7 Å². The van der Waals surface area contributed by atoms with Gasteiger partial charge in [-0.15, -0.1) is 0 Å². The van der Waals surface area contributed by atoms with Crippen LogP contribution in [0.15, 0.2) is 54.6 Å². The Labute approximate surface area is 145 Å². The zero-order valence-corrected chi connectivity index (χ0v) is 15.2. The van der Waals surface area contributed by atoms with Crippen molar-refractivity contribution in [3.05, 3.63) is 60.2 Å². The minimum absolute atomic E-state index is 0.167. The van der Waals surface area contributed by atoms with Crippen LogP contribution in [-0.2, 0) is 16.6 Å². The number of rotatable bonds is 9. The Bertz CT molecular complexity index is 713. The van der Waals surface area contributed by atoms with E-state index in [2.05, 4.69) is 28.7 Å². The molecular weight excluding hydrogens is 320 g/mol. The van der Waals surface area contributed by atoms with Gasteiger partial charge in [0.25, 0.3) is 0 Å². The fraction of sp³-hybridized carbons (Fsp3) is 0.368. The fourth-order valence-electron chi connectivity index (χ4n) is 2.49. The maximum absolute atomic E-state index is 12.0. The molecule has 2 aromatic carbocycles. The second-order valence-electron chi connectivity index (χ2n) is 5.82. The molecule has 0 bridgehead atoms. The normalized spacial score (nSPS) is 11.2. The van der Waals surface area contributed by atoms with Gasteiger partial charge in [0.05, 0.1) is 5.75 Å². The van der Waals surface area contributed by atoms with Crippen LogP contribution in [0, 0.1) is 0 Å². The second-order valence-corrected chi connectivity index (χ2v) is 7.66. The standard InChI is InChI=1S/C19H26N2O2S/c1-3-5-15-24(22,23)20-18-11-13-19(14-12-18)21(4-2)16-17-9-7-6-8-10-17/h6-14,20H,3-5,15-16H2,1-2H3. The summed E-state index contributed by atoms with van der Waals surface area (Å²) in [6, 6.07) is 17.9. The van der Waals surface area contributed by atoms with E-state index in [-0.39, 0.29) is 5.75 Å². The maximum Gasteiger partial charge on any atom is 0.232 e. The second kappa shape index (κ2) is 8.73. The summed E-state index contributed by atoms with van der Waals surface area (Å²) < 4.78 is 26.5. The first-order valence-corrected chi connectivity index (χ1v) is 10.1. The van der Waals surface area contributed by atoms with Crippen molar-refractivity contribution in [1.82, 2.24) is 0 Å². The van der Waals surface area contributed by atoms with Crippen molar-refractivity contribution < 1.29 is 8.42 Å². The van der Waals surface area contributed by atoms with Crippen molar-refractivity contribution >= 4 is 21.4 Å². The van der Waals surface area contributed by atoms with Crippen molar-refractivity contribution in [2.45, 2.75) is 33.2 Å². The minimum atomic E-state index is -3.25. The van der Waals surface area contributed by atoms with E-state index in [1.807, 2.05) is 49.4 Å². The molecule has 0 saturated heterocycles. The minimum Gasteiger partial charge on any atom is -0.367 e. The highest BCUT2D eigenvalue weighted by Gasteiger charge is 2.10. The van der Waals surface area contributed by atoms with Crippen molar-refractivity contribution in [3.8, 4) is 0 Å². The van der Waals surface area contributed by atoms with E-state index in [4.69, 9.17) is 0 Å². The Balaban J connectivity index is 2.04. The largest absolute Gasteiger partial charge is 0.367 e. The number of unbranched alkanes of at least 4 members (excludes halogenated alkanes) is 1. The van der Waals surface area contributed by atoms with Crippen LogP contribution in [0.3, 0.4) is 0 Å². The van der Waals surface area contributed by atoms with Crippen LogP contribution in [0.1, 0.15) is 32.3 Å². The molecule has 0 saturated carbocycles. The molecule has 0 fully saturated rings. The Morgan fingerprint density at radius 1 is 0.958 bits per heavy atom. The number of nitrogens with one attached hydrogen (secondary N) is 1. The molecule has 0 aromatic heterocycles. The molecule has 0 amide bonds. The molecule has 0 aliphatic carbocycles. The van der Waals surface area contributed by atoms with E-state index in [0.717, 1.165) is 25.2 Å². The van der Waals surface area contributed by atoms with Crippen molar-refractivity contribution in [2.24, 2.45) is 0 Å². The third kappa shape index (κ3) is 5.57. The predicted molar refractivity (Wildman–Crippen MR) is 102 cm³/mol. The van der Waals surface area contributed by atoms with Gasteiger partial charge in [0.15, 0.2) is 0 Å². The fourth-order valence-corrected chi connectivity index (χ4v) is 3.76. The van der Waals surface area contributed by atoms with E-state index in [9.17, 15) is 8.42 Å². The zero-order chi connectivity index (χ0) is 17.4. The number of sulfonamides is 1. The van der Waals surface area contributed by atoms with Crippen LogP contribution in [-0.4, -0.2) is 20.7 Å².